The molecule has 1 amide bonds. The highest BCUT2D eigenvalue weighted by atomic mass is 79.9. The molecular weight excluding hydrogens is 365 g/mol. The van der Waals surface area contributed by atoms with E-state index in [4.69, 9.17) is 11.6 Å². The molecule has 1 rings (SSSR count). The predicted molar refractivity (Wildman–Crippen MR) is 72.0 cm³/mol. The van der Waals surface area contributed by atoms with Gasteiger partial charge in [0.25, 0.3) is 5.91 Å². The van der Waals surface area contributed by atoms with Crippen molar-refractivity contribution in [3.63, 3.8) is 0 Å². The zero-order valence-electron chi connectivity index (χ0n) is 8.02. The van der Waals surface area contributed by atoms with Gasteiger partial charge < -0.3 is 5.32 Å². The van der Waals surface area contributed by atoms with Crippen molar-refractivity contribution in [1.82, 2.24) is 5.32 Å². The molecule has 1 heterocycles. The second kappa shape index (κ2) is 6.23. The van der Waals surface area contributed by atoms with Gasteiger partial charge in [-0.3, -0.25) is 4.79 Å². The molecule has 0 radical (unpaired) electrons. The lowest BCUT2D eigenvalue weighted by molar-refractivity contribution is 0.0953. The molecule has 0 fully saturated rings. The molecule has 1 aromatic rings. The van der Waals surface area contributed by atoms with Crippen molar-refractivity contribution in [3.05, 3.63) is 19.2 Å². The van der Waals surface area contributed by atoms with Gasteiger partial charge >= 0.3 is 0 Å². The Hall–Kier alpha value is 0.420. The number of rotatable bonds is 4. The lowest BCUT2D eigenvalue weighted by Gasteiger charge is -2.05. The van der Waals surface area contributed by atoms with Crippen molar-refractivity contribution in [3.8, 4) is 0 Å². The minimum atomic E-state index is -0.0684. The first kappa shape index (κ1) is 13.5. The summed E-state index contributed by atoms with van der Waals surface area (Å²) >= 11 is 13.9. The van der Waals surface area contributed by atoms with Crippen LogP contribution in [0, 0.1) is 0 Å². The van der Waals surface area contributed by atoms with Crippen LogP contribution in [0.3, 0.4) is 0 Å². The van der Waals surface area contributed by atoms with Crippen molar-refractivity contribution in [2.45, 2.75) is 18.7 Å². The van der Waals surface area contributed by atoms with Crippen LogP contribution in [0.2, 0.25) is 0 Å². The van der Waals surface area contributed by atoms with Crippen molar-refractivity contribution in [1.29, 1.82) is 0 Å². The molecule has 1 aromatic heterocycles. The van der Waals surface area contributed by atoms with Gasteiger partial charge in [0.05, 0.1) is 13.1 Å². The summed E-state index contributed by atoms with van der Waals surface area (Å²) in [6, 6.07) is 1.80. The molecule has 0 aromatic carbocycles. The van der Waals surface area contributed by atoms with Gasteiger partial charge in [-0.25, -0.2) is 0 Å². The van der Waals surface area contributed by atoms with Crippen LogP contribution in [-0.2, 0) is 0 Å². The van der Waals surface area contributed by atoms with Crippen LogP contribution in [0.4, 0.5) is 0 Å². The summed E-state index contributed by atoms with van der Waals surface area (Å²) < 4.78 is 1.77. The van der Waals surface area contributed by atoms with Crippen LogP contribution < -0.4 is 5.32 Å². The predicted octanol–water partition coefficient (Wildman–Crippen LogP) is 4.02. The summed E-state index contributed by atoms with van der Waals surface area (Å²) in [6.07, 6.45) is 0.774. The minimum Gasteiger partial charge on any atom is -0.352 e. The van der Waals surface area contributed by atoms with Gasteiger partial charge in [-0.05, 0) is 51.3 Å². The zero-order chi connectivity index (χ0) is 11.4. The topological polar surface area (TPSA) is 29.1 Å². The Balaban J connectivity index is 2.50. The maximum Gasteiger partial charge on any atom is 0.253 e. The Morgan fingerprint density at radius 3 is 2.80 bits per heavy atom. The SMILES string of the molecule is CC(Cl)CCNC(=O)c1cc(Br)sc1Br. The molecule has 1 unspecified atom stereocenters. The smallest absolute Gasteiger partial charge is 0.253 e. The third kappa shape index (κ3) is 4.43. The number of carbonyl (C=O) groups excluding carboxylic acids is 1. The average molecular weight is 376 g/mol. The van der Waals surface area contributed by atoms with E-state index in [1.807, 2.05) is 6.92 Å². The monoisotopic (exact) mass is 373 g/mol. The maximum atomic E-state index is 11.7. The second-order valence-electron chi connectivity index (χ2n) is 3.06. The Morgan fingerprint density at radius 1 is 1.67 bits per heavy atom. The molecule has 2 nitrogen and oxygen atoms in total. The van der Waals surface area contributed by atoms with Gasteiger partial charge in [-0.15, -0.1) is 22.9 Å². The molecular formula is C9H10Br2ClNOS. The molecule has 1 N–H and O–H groups in total. The molecule has 6 heteroatoms. The summed E-state index contributed by atoms with van der Waals surface area (Å²) in [6.45, 7) is 2.51. The highest BCUT2D eigenvalue weighted by Crippen LogP contribution is 2.31. The van der Waals surface area contributed by atoms with Gasteiger partial charge in [0.15, 0.2) is 0 Å². The molecule has 0 aliphatic rings. The van der Waals surface area contributed by atoms with Gasteiger partial charge in [0.1, 0.15) is 0 Å². The lowest BCUT2D eigenvalue weighted by Crippen LogP contribution is -2.25. The van der Waals surface area contributed by atoms with E-state index in [0.717, 1.165) is 14.0 Å². The molecule has 0 saturated carbocycles. The molecule has 0 bridgehead atoms. The Kier molecular flexibility index (Phi) is 5.60. The largest absolute Gasteiger partial charge is 0.352 e. The molecule has 0 aliphatic heterocycles. The third-order valence-electron chi connectivity index (χ3n) is 1.73. The Labute approximate surface area is 115 Å². The van der Waals surface area contributed by atoms with Crippen molar-refractivity contribution >= 4 is 60.7 Å². The first-order valence-electron chi connectivity index (χ1n) is 4.38. The first-order valence-corrected chi connectivity index (χ1v) is 7.21. The lowest BCUT2D eigenvalue weighted by atomic mass is 10.3. The number of hydrogen-bond donors (Lipinski definition) is 1. The Bertz CT molecular complexity index is 354. The molecule has 0 spiro atoms. The fourth-order valence-electron chi connectivity index (χ4n) is 0.975. The van der Waals surface area contributed by atoms with E-state index in [-0.39, 0.29) is 11.3 Å². The maximum absolute atomic E-state index is 11.7. The van der Waals surface area contributed by atoms with Crippen LogP contribution >= 0.6 is 54.8 Å². The standard InChI is InChI=1S/C9H10Br2ClNOS/c1-5(12)2-3-13-9(14)6-4-7(10)15-8(6)11/h4-5H,2-3H2,1H3,(H,13,14). The Morgan fingerprint density at radius 2 is 2.33 bits per heavy atom. The summed E-state index contributed by atoms with van der Waals surface area (Å²) in [5.74, 6) is -0.0684. The number of hydrogen-bond acceptors (Lipinski definition) is 2. The average Bonchev–Trinajstić information content (AvgIpc) is 2.44. The molecule has 0 aliphatic carbocycles. The minimum absolute atomic E-state index is 0.0684. The quantitative estimate of drug-likeness (QED) is 0.792. The van der Waals surface area contributed by atoms with E-state index in [1.165, 1.54) is 11.3 Å². The third-order valence-corrected chi connectivity index (χ3v) is 4.29. The van der Waals surface area contributed by atoms with Crippen molar-refractivity contribution in [2.75, 3.05) is 6.54 Å². The van der Waals surface area contributed by atoms with E-state index in [2.05, 4.69) is 37.2 Å². The van der Waals surface area contributed by atoms with E-state index < -0.39 is 0 Å². The summed E-state index contributed by atoms with van der Waals surface area (Å²) in [5.41, 5.74) is 0.661. The fraction of sp³-hybridized carbons (Fsp3) is 0.444. The number of thiophene rings is 1. The van der Waals surface area contributed by atoms with Crippen molar-refractivity contribution in [2.24, 2.45) is 0 Å². The molecule has 1 atom stereocenters. The summed E-state index contributed by atoms with van der Waals surface area (Å²) in [4.78, 5) is 11.7. The normalized spacial score (nSPS) is 12.5. The molecule has 15 heavy (non-hydrogen) atoms. The van der Waals surface area contributed by atoms with Crippen LogP contribution in [-0.4, -0.2) is 17.8 Å². The van der Waals surface area contributed by atoms with Crippen LogP contribution in [0.25, 0.3) is 0 Å². The van der Waals surface area contributed by atoms with E-state index in [9.17, 15) is 4.79 Å². The summed E-state index contributed by atoms with van der Waals surface area (Å²) in [7, 11) is 0. The molecule has 0 saturated heterocycles. The number of carbonyl (C=O) groups is 1. The fourth-order valence-corrected chi connectivity index (χ4v) is 3.88. The van der Waals surface area contributed by atoms with Gasteiger partial charge in [-0.1, -0.05) is 0 Å². The number of nitrogens with one attached hydrogen (secondary N) is 1. The van der Waals surface area contributed by atoms with Gasteiger partial charge in [0.2, 0.25) is 0 Å². The number of halogens is 3. The van der Waals surface area contributed by atoms with Crippen LogP contribution in [0.15, 0.2) is 13.6 Å². The molecule has 84 valence electrons. The van der Waals surface area contributed by atoms with E-state index in [0.29, 0.717) is 12.1 Å². The van der Waals surface area contributed by atoms with Crippen LogP contribution in [0.5, 0.6) is 0 Å². The number of alkyl halides is 1. The van der Waals surface area contributed by atoms with Gasteiger partial charge in [-0.2, -0.15) is 0 Å². The van der Waals surface area contributed by atoms with E-state index in [1.54, 1.807) is 6.07 Å². The second-order valence-corrected chi connectivity index (χ2v) is 7.56. The first-order chi connectivity index (χ1) is 7.00. The summed E-state index contributed by atoms with van der Waals surface area (Å²) in [5, 5.41) is 2.90. The van der Waals surface area contributed by atoms with E-state index >= 15 is 0 Å². The van der Waals surface area contributed by atoms with Gasteiger partial charge in [0, 0.05) is 11.9 Å². The van der Waals surface area contributed by atoms with Crippen LogP contribution in [0.1, 0.15) is 23.7 Å². The highest BCUT2D eigenvalue weighted by Gasteiger charge is 2.13. The zero-order valence-corrected chi connectivity index (χ0v) is 12.8. The number of amides is 1. The van der Waals surface area contributed by atoms with Crippen molar-refractivity contribution < 1.29 is 4.79 Å². The highest BCUT2D eigenvalue weighted by molar-refractivity contribution is 9.12.